The van der Waals surface area contributed by atoms with Crippen LogP contribution in [-0.4, -0.2) is 49.5 Å². The lowest BCUT2D eigenvalue weighted by Crippen LogP contribution is -2.48. The van der Waals surface area contributed by atoms with Crippen molar-refractivity contribution in [2.75, 3.05) is 39.5 Å². The molecular weight excluding hydrogens is 214 g/mol. The Balaban J connectivity index is 1.93. The van der Waals surface area contributed by atoms with Gasteiger partial charge in [0.25, 0.3) is 0 Å². The standard InChI is InChI=1S/C14H27NO2/c1-13(2)4-3-7-15(10-13)11-14(12-16)5-8-17-9-6-14/h16H,3-12H2,1-2H3. The number of rotatable bonds is 3. The molecule has 0 atom stereocenters. The molecule has 0 radical (unpaired) electrons. The number of aliphatic hydroxyl groups is 1. The summed E-state index contributed by atoms with van der Waals surface area (Å²) in [7, 11) is 0. The highest BCUT2D eigenvalue weighted by molar-refractivity contribution is 4.88. The molecule has 0 saturated carbocycles. The van der Waals surface area contributed by atoms with Gasteiger partial charge in [-0.3, -0.25) is 0 Å². The van der Waals surface area contributed by atoms with Crippen molar-refractivity contribution in [2.45, 2.75) is 39.5 Å². The predicted octanol–water partition coefficient (Wildman–Crippen LogP) is 1.90. The first kappa shape index (κ1) is 13.3. The average molecular weight is 241 g/mol. The van der Waals surface area contributed by atoms with Crippen molar-refractivity contribution < 1.29 is 9.84 Å². The predicted molar refractivity (Wildman–Crippen MR) is 69.0 cm³/mol. The van der Waals surface area contributed by atoms with Gasteiger partial charge in [0.15, 0.2) is 0 Å². The molecular formula is C14H27NO2. The summed E-state index contributed by atoms with van der Waals surface area (Å²) in [6.45, 7) is 10.1. The van der Waals surface area contributed by atoms with E-state index >= 15 is 0 Å². The SMILES string of the molecule is CC1(C)CCCN(CC2(CO)CCOCC2)C1. The van der Waals surface area contributed by atoms with Gasteiger partial charge < -0.3 is 14.7 Å². The number of nitrogens with zero attached hydrogens (tertiary/aromatic N) is 1. The molecule has 0 spiro atoms. The van der Waals surface area contributed by atoms with Crippen LogP contribution in [0.2, 0.25) is 0 Å². The molecule has 0 aromatic rings. The van der Waals surface area contributed by atoms with Gasteiger partial charge in [-0.25, -0.2) is 0 Å². The van der Waals surface area contributed by atoms with Crippen LogP contribution in [-0.2, 0) is 4.74 Å². The highest BCUT2D eigenvalue weighted by atomic mass is 16.5. The van der Waals surface area contributed by atoms with Gasteiger partial charge in [-0.05, 0) is 37.6 Å². The summed E-state index contributed by atoms with van der Waals surface area (Å²) in [5, 5.41) is 9.72. The fourth-order valence-electron chi connectivity index (χ4n) is 3.32. The number of likely N-dealkylation sites (tertiary alicyclic amines) is 1. The van der Waals surface area contributed by atoms with E-state index in [0.29, 0.717) is 12.0 Å². The van der Waals surface area contributed by atoms with Gasteiger partial charge in [0.05, 0.1) is 6.61 Å². The largest absolute Gasteiger partial charge is 0.396 e. The summed E-state index contributed by atoms with van der Waals surface area (Å²) in [6, 6.07) is 0. The molecule has 2 fully saturated rings. The molecule has 2 aliphatic rings. The highest BCUT2D eigenvalue weighted by Crippen LogP contribution is 2.35. The van der Waals surface area contributed by atoms with Crippen LogP contribution < -0.4 is 0 Å². The molecule has 0 unspecified atom stereocenters. The van der Waals surface area contributed by atoms with Gasteiger partial charge in [-0.15, -0.1) is 0 Å². The van der Waals surface area contributed by atoms with Crippen molar-refractivity contribution >= 4 is 0 Å². The minimum Gasteiger partial charge on any atom is -0.396 e. The van der Waals surface area contributed by atoms with Crippen LogP contribution in [0.15, 0.2) is 0 Å². The number of piperidine rings is 1. The molecule has 1 N–H and O–H groups in total. The first-order valence-electron chi connectivity index (χ1n) is 6.96. The van der Waals surface area contributed by atoms with Gasteiger partial charge >= 0.3 is 0 Å². The van der Waals surface area contributed by atoms with Crippen LogP contribution in [0.1, 0.15) is 39.5 Å². The Kier molecular flexibility index (Phi) is 4.11. The molecule has 0 amide bonds. The summed E-state index contributed by atoms with van der Waals surface area (Å²) in [6.07, 6.45) is 4.66. The topological polar surface area (TPSA) is 32.7 Å². The van der Waals surface area contributed by atoms with Crippen LogP contribution in [0.4, 0.5) is 0 Å². The smallest absolute Gasteiger partial charge is 0.0501 e. The molecule has 2 rings (SSSR count). The summed E-state index contributed by atoms with van der Waals surface area (Å²) < 4.78 is 5.43. The summed E-state index contributed by atoms with van der Waals surface area (Å²) >= 11 is 0. The Labute approximate surface area is 105 Å². The molecule has 3 nitrogen and oxygen atoms in total. The third-order valence-corrected chi connectivity index (χ3v) is 4.43. The minimum atomic E-state index is 0.103. The second-order valence-corrected chi connectivity index (χ2v) is 6.75. The summed E-state index contributed by atoms with van der Waals surface area (Å²) in [5.41, 5.74) is 0.547. The summed E-state index contributed by atoms with van der Waals surface area (Å²) in [5.74, 6) is 0. The Bertz CT molecular complexity index is 247. The van der Waals surface area contributed by atoms with Crippen molar-refractivity contribution in [3.8, 4) is 0 Å². The molecule has 0 aromatic heterocycles. The molecule has 0 bridgehead atoms. The fourth-order valence-corrected chi connectivity index (χ4v) is 3.32. The van der Waals surface area contributed by atoms with E-state index in [0.717, 1.165) is 32.6 Å². The van der Waals surface area contributed by atoms with Crippen LogP contribution in [0.25, 0.3) is 0 Å². The lowest BCUT2D eigenvalue weighted by molar-refractivity contribution is -0.0441. The van der Waals surface area contributed by atoms with Crippen molar-refractivity contribution in [3.05, 3.63) is 0 Å². The lowest BCUT2D eigenvalue weighted by atomic mass is 9.78. The van der Waals surface area contributed by atoms with E-state index in [9.17, 15) is 5.11 Å². The van der Waals surface area contributed by atoms with Gasteiger partial charge in [0, 0.05) is 31.7 Å². The van der Waals surface area contributed by atoms with Gasteiger partial charge in [0.1, 0.15) is 0 Å². The van der Waals surface area contributed by atoms with Crippen LogP contribution in [0, 0.1) is 10.8 Å². The number of hydrogen-bond acceptors (Lipinski definition) is 3. The van der Waals surface area contributed by atoms with Crippen LogP contribution >= 0.6 is 0 Å². The van der Waals surface area contributed by atoms with Crippen molar-refractivity contribution in [3.63, 3.8) is 0 Å². The summed E-state index contributed by atoms with van der Waals surface area (Å²) in [4.78, 5) is 2.56. The minimum absolute atomic E-state index is 0.103. The van der Waals surface area contributed by atoms with E-state index in [1.165, 1.54) is 25.9 Å². The third-order valence-electron chi connectivity index (χ3n) is 4.43. The van der Waals surface area contributed by atoms with E-state index in [1.807, 2.05) is 0 Å². The van der Waals surface area contributed by atoms with Gasteiger partial charge in [-0.2, -0.15) is 0 Å². The Hall–Kier alpha value is -0.120. The van der Waals surface area contributed by atoms with E-state index in [-0.39, 0.29) is 5.41 Å². The monoisotopic (exact) mass is 241 g/mol. The van der Waals surface area contributed by atoms with E-state index < -0.39 is 0 Å². The van der Waals surface area contributed by atoms with E-state index in [2.05, 4.69) is 18.7 Å². The first-order valence-corrected chi connectivity index (χ1v) is 6.96. The zero-order valence-corrected chi connectivity index (χ0v) is 11.4. The fraction of sp³-hybridized carbons (Fsp3) is 1.00. The number of aliphatic hydroxyl groups excluding tert-OH is 1. The molecule has 0 aliphatic carbocycles. The zero-order valence-electron chi connectivity index (χ0n) is 11.4. The highest BCUT2D eigenvalue weighted by Gasteiger charge is 2.36. The quantitative estimate of drug-likeness (QED) is 0.819. The van der Waals surface area contributed by atoms with E-state index in [4.69, 9.17) is 4.74 Å². The lowest BCUT2D eigenvalue weighted by Gasteiger charge is -2.44. The molecule has 2 saturated heterocycles. The van der Waals surface area contributed by atoms with Crippen LogP contribution in [0.3, 0.4) is 0 Å². The van der Waals surface area contributed by atoms with Gasteiger partial charge in [0.2, 0.25) is 0 Å². The second kappa shape index (κ2) is 5.25. The maximum absolute atomic E-state index is 9.72. The van der Waals surface area contributed by atoms with Crippen LogP contribution in [0.5, 0.6) is 0 Å². The normalized spacial score (nSPS) is 29.1. The Morgan fingerprint density at radius 1 is 1.18 bits per heavy atom. The molecule has 2 heterocycles. The number of hydrogen-bond donors (Lipinski definition) is 1. The van der Waals surface area contributed by atoms with Gasteiger partial charge in [-0.1, -0.05) is 13.8 Å². The van der Waals surface area contributed by atoms with E-state index in [1.54, 1.807) is 0 Å². The Morgan fingerprint density at radius 3 is 2.47 bits per heavy atom. The first-order chi connectivity index (χ1) is 8.05. The maximum atomic E-state index is 9.72. The number of ether oxygens (including phenoxy) is 1. The molecule has 100 valence electrons. The average Bonchev–Trinajstić information content (AvgIpc) is 2.29. The van der Waals surface area contributed by atoms with Crippen molar-refractivity contribution in [1.29, 1.82) is 0 Å². The van der Waals surface area contributed by atoms with Crippen molar-refractivity contribution in [1.82, 2.24) is 4.90 Å². The zero-order chi connectivity index (χ0) is 12.4. The molecule has 2 aliphatic heterocycles. The maximum Gasteiger partial charge on any atom is 0.0501 e. The third kappa shape index (κ3) is 3.43. The molecule has 0 aromatic carbocycles. The molecule has 17 heavy (non-hydrogen) atoms. The Morgan fingerprint density at radius 2 is 1.88 bits per heavy atom. The molecule has 3 heteroatoms. The second-order valence-electron chi connectivity index (χ2n) is 6.75. The van der Waals surface area contributed by atoms with Crippen molar-refractivity contribution in [2.24, 2.45) is 10.8 Å².